The topological polar surface area (TPSA) is 92.4 Å². The number of phenolic OH excluding ortho intramolecular Hbond substituents is 2. The number of nitrogens with zero attached hydrogens (tertiary/aromatic N) is 2. The molecule has 140 valence electrons. The average molecular weight is 384 g/mol. The van der Waals surface area contributed by atoms with E-state index in [-0.39, 0.29) is 40.2 Å². The molecule has 0 aliphatic rings. The maximum atomic E-state index is 12.9. The second-order valence-electron chi connectivity index (χ2n) is 6.26. The lowest BCUT2D eigenvalue weighted by atomic mass is 10.1. The molecule has 2 N–H and O–H groups in total. The first-order valence-corrected chi connectivity index (χ1v) is 9.60. The van der Waals surface area contributed by atoms with Crippen molar-refractivity contribution < 1.29 is 15.0 Å². The van der Waals surface area contributed by atoms with Gasteiger partial charge in [-0.25, -0.2) is 4.98 Å². The van der Waals surface area contributed by atoms with Gasteiger partial charge in [-0.2, -0.15) is 0 Å². The van der Waals surface area contributed by atoms with Gasteiger partial charge < -0.3 is 10.2 Å². The van der Waals surface area contributed by atoms with Crippen LogP contribution >= 0.6 is 11.8 Å². The molecule has 0 aliphatic heterocycles. The third kappa shape index (κ3) is 3.83. The van der Waals surface area contributed by atoms with Gasteiger partial charge in [0.1, 0.15) is 11.5 Å². The van der Waals surface area contributed by atoms with Gasteiger partial charge >= 0.3 is 0 Å². The van der Waals surface area contributed by atoms with Gasteiger partial charge in [-0.05, 0) is 37.6 Å². The fraction of sp³-hybridized carbons (Fsp3) is 0.250. The van der Waals surface area contributed by atoms with Crippen LogP contribution in [0, 0.1) is 0 Å². The third-order valence-corrected chi connectivity index (χ3v) is 5.37. The zero-order valence-electron chi connectivity index (χ0n) is 15.0. The first kappa shape index (κ1) is 19.0. The molecule has 0 spiro atoms. The molecule has 0 radical (unpaired) electrons. The van der Waals surface area contributed by atoms with Crippen LogP contribution in [0.15, 0.2) is 52.4 Å². The van der Waals surface area contributed by atoms with Crippen LogP contribution in [0.4, 0.5) is 0 Å². The summed E-state index contributed by atoms with van der Waals surface area (Å²) in [5.41, 5.74) is 0.584. The summed E-state index contributed by atoms with van der Waals surface area (Å²) in [6.07, 6.45) is 0.750. The number of Topliss-reactive ketones (excluding diaryl/α,β-unsaturated/α-hetero) is 1. The van der Waals surface area contributed by atoms with Gasteiger partial charge in [0, 0.05) is 12.1 Å². The highest BCUT2D eigenvalue weighted by Crippen LogP contribution is 2.27. The Balaban J connectivity index is 1.96. The quantitative estimate of drug-likeness (QED) is 0.382. The van der Waals surface area contributed by atoms with E-state index in [1.165, 1.54) is 12.1 Å². The molecule has 1 aromatic heterocycles. The first-order chi connectivity index (χ1) is 12.9. The molecule has 6 nitrogen and oxygen atoms in total. The van der Waals surface area contributed by atoms with E-state index < -0.39 is 0 Å². The van der Waals surface area contributed by atoms with Crippen molar-refractivity contribution in [3.63, 3.8) is 0 Å². The molecule has 0 saturated carbocycles. The maximum Gasteiger partial charge on any atom is 0.262 e. The van der Waals surface area contributed by atoms with Gasteiger partial charge in [0.2, 0.25) is 0 Å². The molecule has 0 saturated heterocycles. The van der Waals surface area contributed by atoms with E-state index in [0.717, 1.165) is 24.2 Å². The standard InChI is InChI=1S/C20H20N2O4S/c1-3-12(2)22-19(26)14-6-4-5-7-16(14)21-20(22)27-11-18(25)15-9-8-13(23)10-17(15)24/h4-10,12,23-24H,3,11H2,1-2H3/t12-/m0/s1. The Labute approximate surface area is 160 Å². The smallest absolute Gasteiger partial charge is 0.262 e. The van der Waals surface area contributed by atoms with E-state index in [9.17, 15) is 19.8 Å². The van der Waals surface area contributed by atoms with Crippen molar-refractivity contribution in [3.05, 3.63) is 58.4 Å². The Bertz CT molecular complexity index is 1060. The molecule has 3 aromatic rings. The zero-order valence-corrected chi connectivity index (χ0v) is 15.9. The van der Waals surface area contributed by atoms with E-state index in [1.54, 1.807) is 22.8 Å². The summed E-state index contributed by atoms with van der Waals surface area (Å²) in [4.78, 5) is 30.0. The fourth-order valence-electron chi connectivity index (χ4n) is 2.76. The number of carbonyl (C=O) groups excluding carboxylic acids is 1. The Hall–Kier alpha value is -2.80. The molecule has 0 bridgehead atoms. The van der Waals surface area contributed by atoms with Crippen molar-refractivity contribution in [1.29, 1.82) is 0 Å². The second-order valence-corrected chi connectivity index (χ2v) is 7.20. The van der Waals surface area contributed by atoms with E-state index in [2.05, 4.69) is 4.98 Å². The van der Waals surface area contributed by atoms with Gasteiger partial charge in [-0.1, -0.05) is 30.8 Å². The minimum absolute atomic E-state index is 0.0134. The van der Waals surface area contributed by atoms with Crippen molar-refractivity contribution >= 4 is 28.4 Å². The number of hydrogen-bond acceptors (Lipinski definition) is 6. The molecule has 27 heavy (non-hydrogen) atoms. The molecule has 0 amide bonds. The van der Waals surface area contributed by atoms with Crippen molar-refractivity contribution in [2.24, 2.45) is 0 Å². The van der Waals surface area contributed by atoms with Gasteiger partial charge in [0.15, 0.2) is 10.9 Å². The van der Waals surface area contributed by atoms with Crippen LogP contribution < -0.4 is 5.56 Å². The monoisotopic (exact) mass is 384 g/mol. The predicted octanol–water partition coefficient (Wildman–Crippen LogP) is 3.75. The number of aromatic nitrogens is 2. The van der Waals surface area contributed by atoms with Crippen LogP contribution in [0.1, 0.15) is 36.7 Å². The highest BCUT2D eigenvalue weighted by Gasteiger charge is 2.18. The van der Waals surface area contributed by atoms with E-state index in [4.69, 9.17) is 0 Å². The number of phenols is 2. The van der Waals surface area contributed by atoms with Gasteiger partial charge in [-0.15, -0.1) is 0 Å². The summed E-state index contributed by atoms with van der Waals surface area (Å²) in [6, 6.07) is 10.9. The molecule has 0 unspecified atom stereocenters. The van der Waals surface area contributed by atoms with E-state index in [1.807, 2.05) is 19.9 Å². The zero-order chi connectivity index (χ0) is 19.6. The molecular formula is C20H20N2O4S. The first-order valence-electron chi connectivity index (χ1n) is 8.61. The number of carbonyl (C=O) groups is 1. The Morgan fingerprint density at radius 3 is 2.67 bits per heavy atom. The van der Waals surface area contributed by atoms with Crippen LogP contribution in [0.2, 0.25) is 0 Å². The molecule has 7 heteroatoms. The maximum absolute atomic E-state index is 12.9. The number of benzene rings is 2. The predicted molar refractivity (Wildman–Crippen MR) is 106 cm³/mol. The number of hydrogen-bond donors (Lipinski definition) is 2. The normalized spacial score (nSPS) is 12.2. The Kier molecular flexibility index (Phi) is 5.51. The lowest BCUT2D eigenvalue weighted by molar-refractivity contribution is 0.102. The summed E-state index contributed by atoms with van der Waals surface area (Å²) in [7, 11) is 0. The fourth-order valence-corrected chi connectivity index (χ4v) is 3.74. The summed E-state index contributed by atoms with van der Waals surface area (Å²) < 4.78 is 1.62. The minimum Gasteiger partial charge on any atom is -0.508 e. The number of thioether (sulfide) groups is 1. The van der Waals surface area contributed by atoms with Crippen LogP contribution in [-0.4, -0.2) is 31.3 Å². The molecule has 1 heterocycles. The number of rotatable bonds is 6. The SMILES string of the molecule is CC[C@H](C)n1c(SCC(=O)c2ccc(O)cc2O)nc2ccccc2c1=O. The second kappa shape index (κ2) is 7.84. The van der Waals surface area contributed by atoms with Gasteiger partial charge in [0.25, 0.3) is 5.56 Å². The lowest BCUT2D eigenvalue weighted by Gasteiger charge is -2.18. The molecule has 3 rings (SSSR count). The van der Waals surface area contributed by atoms with Crippen LogP contribution in [0.5, 0.6) is 11.5 Å². The van der Waals surface area contributed by atoms with Crippen molar-refractivity contribution in [1.82, 2.24) is 9.55 Å². The molecular weight excluding hydrogens is 364 g/mol. The van der Waals surface area contributed by atoms with Crippen LogP contribution in [0.25, 0.3) is 10.9 Å². The lowest BCUT2D eigenvalue weighted by Crippen LogP contribution is -2.26. The Morgan fingerprint density at radius 2 is 1.96 bits per heavy atom. The molecule has 2 aromatic carbocycles. The van der Waals surface area contributed by atoms with Crippen molar-refractivity contribution in [2.45, 2.75) is 31.5 Å². The number of para-hydroxylation sites is 1. The van der Waals surface area contributed by atoms with E-state index in [0.29, 0.717) is 16.1 Å². The highest BCUT2D eigenvalue weighted by atomic mass is 32.2. The van der Waals surface area contributed by atoms with Crippen LogP contribution in [-0.2, 0) is 0 Å². The molecule has 0 aliphatic carbocycles. The summed E-state index contributed by atoms with van der Waals surface area (Å²) in [5, 5.41) is 20.2. The highest BCUT2D eigenvalue weighted by molar-refractivity contribution is 7.99. The summed E-state index contributed by atoms with van der Waals surface area (Å²) >= 11 is 1.16. The number of fused-ring (bicyclic) bond motifs is 1. The van der Waals surface area contributed by atoms with Gasteiger partial charge in [-0.3, -0.25) is 14.2 Å². The Morgan fingerprint density at radius 1 is 1.22 bits per heavy atom. The summed E-state index contributed by atoms with van der Waals surface area (Å²) in [6.45, 7) is 3.93. The molecule has 0 fully saturated rings. The van der Waals surface area contributed by atoms with Crippen molar-refractivity contribution in [3.8, 4) is 11.5 Å². The molecule has 1 atom stereocenters. The average Bonchev–Trinajstić information content (AvgIpc) is 2.65. The van der Waals surface area contributed by atoms with Crippen molar-refractivity contribution in [2.75, 3.05) is 5.75 Å². The largest absolute Gasteiger partial charge is 0.508 e. The van der Waals surface area contributed by atoms with Crippen LogP contribution in [0.3, 0.4) is 0 Å². The number of aromatic hydroxyl groups is 2. The van der Waals surface area contributed by atoms with Gasteiger partial charge in [0.05, 0.1) is 22.2 Å². The number of ketones is 1. The summed E-state index contributed by atoms with van der Waals surface area (Å²) in [5.74, 6) is -0.681. The minimum atomic E-state index is -0.310. The third-order valence-electron chi connectivity index (χ3n) is 4.42. The van der Waals surface area contributed by atoms with E-state index >= 15 is 0 Å².